The number of carbonyl (C=O) groups is 1. The van der Waals surface area contributed by atoms with Crippen molar-refractivity contribution in [2.45, 2.75) is 32.7 Å². The van der Waals surface area contributed by atoms with Gasteiger partial charge in [0, 0.05) is 30.4 Å². The summed E-state index contributed by atoms with van der Waals surface area (Å²) in [6.07, 6.45) is 2.46. The molecule has 0 aliphatic rings. The summed E-state index contributed by atoms with van der Waals surface area (Å²) in [6.45, 7) is 6.44. The van der Waals surface area contributed by atoms with Gasteiger partial charge >= 0.3 is 6.03 Å². The fourth-order valence-electron chi connectivity index (χ4n) is 1.12. The van der Waals surface area contributed by atoms with E-state index in [1.54, 1.807) is 6.20 Å². The molecule has 3 N–H and O–H groups in total. The number of nitrogens with zero attached hydrogens (tertiary/aromatic N) is 1. The van der Waals surface area contributed by atoms with E-state index in [0.717, 1.165) is 12.1 Å². The van der Waals surface area contributed by atoms with Gasteiger partial charge in [-0.15, -0.1) is 0 Å². The quantitative estimate of drug-likeness (QED) is 0.698. The molecule has 1 aromatic heterocycles. The highest BCUT2D eigenvalue weighted by Crippen LogP contribution is 1.97. The van der Waals surface area contributed by atoms with E-state index in [1.807, 2.05) is 26.8 Å². The van der Waals surface area contributed by atoms with Crippen molar-refractivity contribution in [2.24, 2.45) is 0 Å². The Labute approximate surface area is 89.6 Å². The van der Waals surface area contributed by atoms with Crippen LogP contribution in [0.3, 0.4) is 0 Å². The number of aromatic amines is 1. The number of rotatable bonds is 3. The van der Waals surface area contributed by atoms with Crippen molar-refractivity contribution < 1.29 is 4.79 Å². The molecule has 1 aromatic rings. The Hall–Kier alpha value is -1.52. The highest BCUT2D eigenvalue weighted by atomic mass is 16.2. The Morgan fingerprint density at radius 1 is 1.53 bits per heavy atom. The van der Waals surface area contributed by atoms with Crippen molar-refractivity contribution in [3.63, 3.8) is 0 Å². The van der Waals surface area contributed by atoms with Crippen molar-refractivity contribution >= 4 is 6.03 Å². The molecule has 0 bridgehead atoms. The maximum absolute atomic E-state index is 11.3. The predicted molar refractivity (Wildman–Crippen MR) is 58.6 cm³/mol. The largest absolute Gasteiger partial charge is 0.338 e. The molecule has 5 heteroatoms. The van der Waals surface area contributed by atoms with Crippen molar-refractivity contribution in [1.82, 2.24) is 20.8 Å². The molecular weight excluding hydrogens is 192 g/mol. The number of amides is 2. The SMILES string of the molecule is CC(C)(C)NC(=O)NCCc1ccn[nH]1. The van der Waals surface area contributed by atoms with Crippen LogP contribution in [0.25, 0.3) is 0 Å². The summed E-state index contributed by atoms with van der Waals surface area (Å²) in [5.41, 5.74) is 0.823. The second kappa shape index (κ2) is 4.82. The number of urea groups is 1. The molecule has 1 rings (SSSR count). The third-order valence-corrected chi connectivity index (χ3v) is 1.73. The fraction of sp³-hybridized carbons (Fsp3) is 0.600. The Kier molecular flexibility index (Phi) is 3.71. The van der Waals surface area contributed by atoms with Gasteiger partial charge in [-0.3, -0.25) is 5.10 Å². The number of aromatic nitrogens is 2. The van der Waals surface area contributed by atoms with Crippen molar-refractivity contribution in [3.8, 4) is 0 Å². The lowest BCUT2D eigenvalue weighted by atomic mass is 10.1. The minimum Gasteiger partial charge on any atom is -0.338 e. The number of H-pyrrole nitrogens is 1. The van der Waals surface area contributed by atoms with E-state index in [0.29, 0.717) is 6.54 Å². The van der Waals surface area contributed by atoms with Gasteiger partial charge in [-0.05, 0) is 26.8 Å². The van der Waals surface area contributed by atoms with Gasteiger partial charge in [0.2, 0.25) is 0 Å². The first-order chi connectivity index (χ1) is 6.97. The van der Waals surface area contributed by atoms with Gasteiger partial charge in [0.1, 0.15) is 0 Å². The number of carbonyl (C=O) groups excluding carboxylic acids is 1. The summed E-state index contributed by atoms with van der Waals surface area (Å²) in [5, 5.41) is 12.3. The first-order valence-corrected chi connectivity index (χ1v) is 5.02. The van der Waals surface area contributed by atoms with Crippen LogP contribution >= 0.6 is 0 Å². The molecule has 0 saturated heterocycles. The molecule has 0 unspecified atom stereocenters. The number of hydrogen-bond donors (Lipinski definition) is 3. The molecule has 0 aliphatic heterocycles. The van der Waals surface area contributed by atoms with Gasteiger partial charge < -0.3 is 10.6 Å². The second-order valence-corrected chi connectivity index (χ2v) is 4.46. The molecule has 0 fully saturated rings. The minimum absolute atomic E-state index is 0.137. The van der Waals surface area contributed by atoms with E-state index in [2.05, 4.69) is 20.8 Å². The highest BCUT2D eigenvalue weighted by Gasteiger charge is 2.12. The van der Waals surface area contributed by atoms with Gasteiger partial charge in [-0.1, -0.05) is 0 Å². The Morgan fingerprint density at radius 3 is 2.80 bits per heavy atom. The van der Waals surface area contributed by atoms with Crippen LogP contribution < -0.4 is 10.6 Å². The van der Waals surface area contributed by atoms with Crippen LogP contribution in [0.2, 0.25) is 0 Å². The summed E-state index contributed by atoms with van der Waals surface area (Å²) in [6, 6.07) is 1.76. The molecule has 0 aromatic carbocycles. The van der Waals surface area contributed by atoms with Crippen LogP contribution in [-0.4, -0.2) is 28.3 Å². The lowest BCUT2D eigenvalue weighted by Gasteiger charge is -2.20. The molecular formula is C10H18N4O. The minimum atomic E-state index is -0.196. The second-order valence-electron chi connectivity index (χ2n) is 4.46. The fourth-order valence-corrected chi connectivity index (χ4v) is 1.12. The van der Waals surface area contributed by atoms with Crippen LogP contribution in [0, 0.1) is 0 Å². The summed E-state index contributed by atoms with van der Waals surface area (Å²) in [5.74, 6) is 0. The van der Waals surface area contributed by atoms with Crippen LogP contribution in [0.5, 0.6) is 0 Å². The van der Waals surface area contributed by atoms with E-state index < -0.39 is 0 Å². The Morgan fingerprint density at radius 2 is 2.27 bits per heavy atom. The normalized spacial score (nSPS) is 11.1. The maximum atomic E-state index is 11.3. The zero-order valence-electron chi connectivity index (χ0n) is 9.42. The summed E-state index contributed by atoms with van der Waals surface area (Å²) < 4.78 is 0. The highest BCUT2D eigenvalue weighted by molar-refractivity contribution is 5.74. The smallest absolute Gasteiger partial charge is 0.315 e. The lowest BCUT2D eigenvalue weighted by molar-refractivity contribution is 0.232. The first-order valence-electron chi connectivity index (χ1n) is 5.02. The molecule has 0 aliphatic carbocycles. The van der Waals surface area contributed by atoms with Crippen LogP contribution in [0.15, 0.2) is 12.3 Å². The summed E-state index contributed by atoms with van der Waals surface area (Å²) in [4.78, 5) is 11.3. The van der Waals surface area contributed by atoms with Gasteiger partial charge in [0.15, 0.2) is 0 Å². The third-order valence-electron chi connectivity index (χ3n) is 1.73. The summed E-state index contributed by atoms with van der Waals surface area (Å²) in [7, 11) is 0. The van der Waals surface area contributed by atoms with E-state index in [9.17, 15) is 4.79 Å². The molecule has 0 saturated carbocycles. The Bertz CT molecular complexity index is 300. The number of hydrogen-bond acceptors (Lipinski definition) is 2. The average Bonchev–Trinajstić information content (AvgIpc) is 2.53. The van der Waals surface area contributed by atoms with Gasteiger partial charge in [0.25, 0.3) is 0 Å². The zero-order chi connectivity index (χ0) is 11.3. The van der Waals surface area contributed by atoms with Gasteiger partial charge in [0.05, 0.1) is 0 Å². The number of nitrogens with one attached hydrogen (secondary N) is 3. The summed E-state index contributed by atoms with van der Waals surface area (Å²) >= 11 is 0. The molecule has 0 atom stereocenters. The van der Waals surface area contributed by atoms with Crippen LogP contribution in [0.1, 0.15) is 26.5 Å². The molecule has 0 spiro atoms. The molecule has 0 radical (unpaired) electrons. The lowest BCUT2D eigenvalue weighted by Crippen LogP contribution is -2.46. The van der Waals surface area contributed by atoms with E-state index in [-0.39, 0.29) is 11.6 Å². The third kappa shape index (κ3) is 5.05. The molecule has 84 valence electrons. The van der Waals surface area contributed by atoms with Crippen molar-refractivity contribution in [1.29, 1.82) is 0 Å². The standard InChI is InChI=1S/C10H18N4O/c1-10(2,3)13-9(15)11-6-4-8-5-7-12-14-8/h5,7H,4,6H2,1-3H3,(H,12,14)(H2,11,13,15). The van der Waals surface area contributed by atoms with E-state index in [4.69, 9.17) is 0 Å². The van der Waals surface area contributed by atoms with Crippen molar-refractivity contribution in [3.05, 3.63) is 18.0 Å². The van der Waals surface area contributed by atoms with E-state index >= 15 is 0 Å². The first kappa shape index (κ1) is 11.6. The average molecular weight is 210 g/mol. The molecule has 1 heterocycles. The zero-order valence-corrected chi connectivity index (χ0v) is 9.42. The molecule has 15 heavy (non-hydrogen) atoms. The molecule has 2 amide bonds. The van der Waals surface area contributed by atoms with Crippen LogP contribution in [0.4, 0.5) is 4.79 Å². The Balaban J connectivity index is 2.18. The van der Waals surface area contributed by atoms with Gasteiger partial charge in [-0.25, -0.2) is 4.79 Å². The van der Waals surface area contributed by atoms with E-state index in [1.165, 1.54) is 0 Å². The topological polar surface area (TPSA) is 69.8 Å². The maximum Gasteiger partial charge on any atom is 0.315 e. The molecule has 5 nitrogen and oxygen atoms in total. The van der Waals surface area contributed by atoms with Gasteiger partial charge in [-0.2, -0.15) is 5.10 Å². The van der Waals surface area contributed by atoms with Crippen molar-refractivity contribution in [2.75, 3.05) is 6.54 Å². The van der Waals surface area contributed by atoms with Crippen LogP contribution in [-0.2, 0) is 6.42 Å². The predicted octanol–water partition coefficient (Wildman–Crippen LogP) is 1.05. The monoisotopic (exact) mass is 210 g/mol.